The van der Waals surface area contributed by atoms with Gasteiger partial charge in [0.1, 0.15) is 11.5 Å². The second-order valence-corrected chi connectivity index (χ2v) is 4.41. The van der Waals surface area contributed by atoms with Gasteiger partial charge in [-0.05, 0) is 38.0 Å². The van der Waals surface area contributed by atoms with Crippen LogP contribution in [0.5, 0.6) is 5.75 Å². The number of aryl methyl sites for hydroxylation is 2. The lowest BCUT2D eigenvalue weighted by atomic mass is 10.1. The van der Waals surface area contributed by atoms with Crippen LogP contribution < -0.4 is 10.1 Å². The van der Waals surface area contributed by atoms with Crippen molar-refractivity contribution in [2.24, 2.45) is 0 Å². The topological polar surface area (TPSA) is 55.4 Å². The van der Waals surface area contributed by atoms with Gasteiger partial charge in [0, 0.05) is 12.8 Å². The number of hydrogen-bond acceptors (Lipinski definition) is 3. The number of amides is 1. The Kier molecular flexibility index (Phi) is 4.89. The van der Waals surface area contributed by atoms with Crippen molar-refractivity contribution in [2.75, 3.05) is 12.4 Å². The lowest BCUT2D eigenvalue weighted by molar-refractivity contribution is -0.121. The van der Waals surface area contributed by atoms with Gasteiger partial charge in [-0.1, -0.05) is 6.07 Å². The molecule has 0 aliphatic rings. The van der Waals surface area contributed by atoms with Crippen molar-refractivity contribution in [1.29, 1.82) is 0 Å². The fraction of sp³-hybridized carbons (Fsp3) is 0.429. The highest BCUT2D eigenvalue weighted by Crippen LogP contribution is 2.29. The summed E-state index contributed by atoms with van der Waals surface area (Å²) in [6.45, 7) is 5.36. The van der Waals surface area contributed by atoms with Gasteiger partial charge in [-0.25, -0.2) is 0 Å². The summed E-state index contributed by atoms with van der Waals surface area (Å²) in [5, 5.41) is 2.80. The van der Waals surface area contributed by atoms with E-state index in [2.05, 4.69) is 5.32 Å². The molecule has 1 rings (SSSR count). The highest BCUT2D eigenvalue weighted by molar-refractivity contribution is 5.95. The van der Waals surface area contributed by atoms with Crippen LogP contribution in [0.2, 0.25) is 0 Å². The summed E-state index contributed by atoms with van der Waals surface area (Å²) in [6, 6.07) is 3.84. The third-order valence-electron chi connectivity index (χ3n) is 2.63. The Morgan fingerprint density at radius 1 is 1.22 bits per heavy atom. The quantitative estimate of drug-likeness (QED) is 0.872. The normalized spacial score (nSPS) is 10.0. The number of ketones is 1. The summed E-state index contributed by atoms with van der Waals surface area (Å²) < 4.78 is 5.25. The highest BCUT2D eigenvalue weighted by Gasteiger charge is 2.11. The zero-order valence-corrected chi connectivity index (χ0v) is 11.3. The van der Waals surface area contributed by atoms with Gasteiger partial charge in [-0.15, -0.1) is 0 Å². The van der Waals surface area contributed by atoms with Gasteiger partial charge in [0.05, 0.1) is 12.8 Å². The van der Waals surface area contributed by atoms with E-state index in [9.17, 15) is 9.59 Å². The van der Waals surface area contributed by atoms with E-state index in [1.54, 1.807) is 7.11 Å². The van der Waals surface area contributed by atoms with Crippen LogP contribution in [0.25, 0.3) is 0 Å². The van der Waals surface area contributed by atoms with E-state index >= 15 is 0 Å². The number of benzene rings is 1. The van der Waals surface area contributed by atoms with Gasteiger partial charge in [0.15, 0.2) is 0 Å². The summed E-state index contributed by atoms with van der Waals surface area (Å²) in [6.07, 6.45) is 0.463. The largest absolute Gasteiger partial charge is 0.495 e. The van der Waals surface area contributed by atoms with Gasteiger partial charge in [-0.2, -0.15) is 0 Å². The predicted octanol–water partition coefficient (Wildman–Crippen LogP) is 2.62. The number of ether oxygens (including phenoxy) is 1. The lowest BCUT2D eigenvalue weighted by Gasteiger charge is -2.14. The average molecular weight is 249 g/mol. The van der Waals surface area contributed by atoms with E-state index in [0.717, 1.165) is 11.1 Å². The molecule has 0 heterocycles. The molecular formula is C14H19NO3. The van der Waals surface area contributed by atoms with Crippen LogP contribution in [0.15, 0.2) is 12.1 Å². The molecule has 1 aromatic carbocycles. The number of anilines is 1. The maximum absolute atomic E-state index is 11.7. The number of carbonyl (C=O) groups is 2. The van der Waals surface area contributed by atoms with E-state index in [4.69, 9.17) is 4.74 Å². The van der Waals surface area contributed by atoms with E-state index in [1.165, 1.54) is 6.92 Å². The fourth-order valence-electron chi connectivity index (χ4n) is 1.74. The molecule has 4 nitrogen and oxygen atoms in total. The summed E-state index contributed by atoms with van der Waals surface area (Å²) in [7, 11) is 1.57. The smallest absolute Gasteiger partial charge is 0.224 e. The molecule has 1 amide bonds. The zero-order chi connectivity index (χ0) is 13.7. The third kappa shape index (κ3) is 3.87. The first-order valence-corrected chi connectivity index (χ1v) is 5.88. The maximum atomic E-state index is 11.7. The minimum Gasteiger partial charge on any atom is -0.495 e. The summed E-state index contributed by atoms with van der Waals surface area (Å²) in [4.78, 5) is 22.5. The molecule has 4 heteroatoms. The number of methoxy groups -OCH3 is 1. The van der Waals surface area contributed by atoms with E-state index in [1.807, 2.05) is 26.0 Å². The molecule has 18 heavy (non-hydrogen) atoms. The van der Waals surface area contributed by atoms with Crippen molar-refractivity contribution < 1.29 is 14.3 Å². The second kappa shape index (κ2) is 6.19. The number of hydrogen-bond donors (Lipinski definition) is 1. The Balaban J connectivity index is 2.83. The SMILES string of the molecule is COc1cc(C)cc(C)c1NC(=O)CCC(C)=O. The molecule has 0 saturated carbocycles. The molecule has 1 N–H and O–H groups in total. The Morgan fingerprint density at radius 2 is 1.89 bits per heavy atom. The number of carbonyl (C=O) groups excluding carboxylic acids is 2. The standard InChI is InChI=1S/C14H19NO3/c1-9-7-10(2)14(12(8-9)18-4)15-13(17)6-5-11(3)16/h7-8H,5-6H2,1-4H3,(H,15,17). The molecule has 0 aliphatic carbocycles. The summed E-state index contributed by atoms with van der Waals surface area (Å²) in [5.41, 5.74) is 2.70. The van der Waals surface area contributed by atoms with Crippen LogP contribution in [-0.4, -0.2) is 18.8 Å². The minimum atomic E-state index is -0.171. The van der Waals surface area contributed by atoms with Crippen LogP contribution in [0.3, 0.4) is 0 Å². The maximum Gasteiger partial charge on any atom is 0.224 e. The molecule has 0 radical (unpaired) electrons. The second-order valence-electron chi connectivity index (χ2n) is 4.41. The Labute approximate surface area is 107 Å². The van der Waals surface area contributed by atoms with E-state index < -0.39 is 0 Å². The molecular weight excluding hydrogens is 230 g/mol. The number of rotatable bonds is 5. The molecule has 0 unspecified atom stereocenters. The number of Topliss-reactive ketones (excluding diaryl/α,β-unsaturated/α-hetero) is 1. The first kappa shape index (κ1) is 14.2. The molecule has 0 bridgehead atoms. The average Bonchev–Trinajstić information content (AvgIpc) is 2.29. The Bertz CT molecular complexity index is 466. The molecule has 0 spiro atoms. The number of nitrogens with one attached hydrogen (secondary N) is 1. The summed E-state index contributed by atoms with van der Waals surface area (Å²) >= 11 is 0. The third-order valence-corrected chi connectivity index (χ3v) is 2.63. The first-order valence-electron chi connectivity index (χ1n) is 5.88. The Hall–Kier alpha value is -1.84. The zero-order valence-electron chi connectivity index (χ0n) is 11.3. The van der Waals surface area contributed by atoms with Gasteiger partial charge in [-0.3, -0.25) is 4.79 Å². The highest BCUT2D eigenvalue weighted by atomic mass is 16.5. The van der Waals surface area contributed by atoms with Crippen LogP contribution in [-0.2, 0) is 9.59 Å². The van der Waals surface area contributed by atoms with E-state index in [-0.39, 0.29) is 24.5 Å². The monoisotopic (exact) mass is 249 g/mol. The van der Waals surface area contributed by atoms with Gasteiger partial charge < -0.3 is 14.8 Å². The van der Waals surface area contributed by atoms with Gasteiger partial charge in [0.2, 0.25) is 5.91 Å². The van der Waals surface area contributed by atoms with Crippen molar-refractivity contribution >= 4 is 17.4 Å². The lowest BCUT2D eigenvalue weighted by Crippen LogP contribution is -2.14. The van der Waals surface area contributed by atoms with E-state index in [0.29, 0.717) is 11.4 Å². The fourth-order valence-corrected chi connectivity index (χ4v) is 1.74. The van der Waals surface area contributed by atoms with Crippen LogP contribution in [0.4, 0.5) is 5.69 Å². The Morgan fingerprint density at radius 3 is 2.44 bits per heavy atom. The van der Waals surface area contributed by atoms with Crippen molar-refractivity contribution in [3.05, 3.63) is 23.3 Å². The van der Waals surface area contributed by atoms with Crippen LogP contribution in [0.1, 0.15) is 30.9 Å². The van der Waals surface area contributed by atoms with Crippen molar-refractivity contribution in [2.45, 2.75) is 33.6 Å². The molecule has 98 valence electrons. The van der Waals surface area contributed by atoms with Crippen molar-refractivity contribution in [1.82, 2.24) is 0 Å². The van der Waals surface area contributed by atoms with Crippen LogP contribution in [0, 0.1) is 13.8 Å². The molecule has 1 aromatic rings. The molecule has 0 aromatic heterocycles. The molecule has 0 aliphatic heterocycles. The van der Waals surface area contributed by atoms with Gasteiger partial charge in [0.25, 0.3) is 0 Å². The van der Waals surface area contributed by atoms with Crippen molar-refractivity contribution in [3.8, 4) is 5.75 Å². The predicted molar refractivity (Wildman–Crippen MR) is 71.0 cm³/mol. The summed E-state index contributed by atoms with van der Waals surface area (Å²) in [5.74, 6) is 0.483. The van der Waals surface area contributed by atoms with Gasteiger partial charge >= 0.3 is 0 Å². The molecule has 0 atom stereocenters. The van der Waals surface area contributed by atoms with Crippen molar-refractivity contribution in [3.63, 3.8) is 0 Å². The minimum absolute atomic E-state index is 0.0118. The molecule has 0 saturated heterocycles. The van der Waals surface area contributed by atoms with Crippen LogP contribution >= 0.6 is 0 Å². The molecule has 0 fully saturated rings. The first-order chi connectivity index (χ1) is 8.43.